The van der Waals surface area contributed by atoms with E-state index in [1.807, 2.05) is 0 Å². The largest absolute Gasteiger partial charge is 0.507 e. The molecule has 8 heteroatoms. The molecule has 152 valence electrons. The maximum Gasteiger partial charge on any atom is 0.296 e. The monoisotopic (exact) mass is 424 g/mol. The first-order valence-corrected chi connectivity index (χ1v) is 9.44. The van der Waals surface area contributed by atoms with Crippen LogP contribution in [-0.4, -0.2) is 33.8 Å². The lowest BCUT2D eigenvalue weighted by atomic mass is 9.98. The topological polar surface area (TPSA) is 92.9 Å². The van der Waals surface area contributed by atoms with Crippen LogP contribution in [-0.2, 0) is 16.1 Å². The van der Waals surface area contributed by atoms with Gasteiger partial charge in [0.25, 0.3) is 11.7 Å². The zero-order valence-corrected chi connectivity index (χ0v) is 16.7. The third-order valence-corrected chi connectivity index (χ3v) is 5.07. The quantitative estimate of drug-likeness (QED) is 0.378. The summed E-state index contributed by atoms with van der Waals surface area (Å²) in [5.74, 6) is -1.15. The summed E-state index contributed by atoms with van der Waals surface area (Å²) in [5, 5.41) is 11.5. The molecule has 1 amide bonds. The number of ether oxygens (including phenoxy) is 1. The third-order valence-electron chi connectivity index (χ3n) is 4.83. The van der Waals surface area contributed by atoms with Gasteiger partial charge in [0.2, 0.25) is 0 Å². The number of rotatable bonds is 5. The molecular weight excluding hydrogens is 408 g/mol. The summed E-state index contributed by atoms with van der Waals surface area (Å²) in [6.07, 6.45) is 3.04. The number of aliphatic hydroxyl groups excluding tert-OH is 1. The Kier molecular flexibility index (Phi) is 5.29. The number of ketones is 1. The summed E-state index contributed by atoms with van der Waals surface area (Å²) >= 11 is 6.09. The maximum absolute atomic E-state index is 13.0. The molecule has 1 N–H and O–H groups in total. The Hall–Kier alpha value is -3.58. The van der Waals surface area contributed by atoms with Gasteiger partial charge in [-0.25, -0.2) is 0 Å². The van der Waals surface area contributed by atoms with Gasteiger partial charge < -0.3 is 19.2 Å². The smallest absolute Gasteiger partial charge is 0.296 e. The first-order valence-electron chi connectivity index (χ1n) is 9.07. The van der Waals surface area contributed by atoms with E-state index in [9.17, 15) is 14.7 Å². The van der Waals surface area contributed by atoms with Crippen LogP contribution in [0.3, 0.4) is 0 Å². The molecule has 0 aliphatic carbocycles. The predicted octanol–water partition coefficient (Wildman–Crippen LogP) is 3.96. The SMILES string of the molecule is COc1ccc(Cl)cc1/C(O)=C1\C(=O)C(=O)N(Cc2ccco2)C1c1ccccn1. The van der Waals surface area contributed by atoms with Crippen molar-refractivity contribution in [3.63, 3.8) is 0 Å². The van der Waals surface area contributed by atoms with Crippen molar-refractivity contribution in [3.05, 3.63) is 88.6 Å². The summed E-state index contributed by atoms with van der Waals surface area (Å²) < 4.78 is 10.7. The fourth-order valence-electron chi connectivity index (χ4n) is 3.47. The minimum atomic E-state index is -0.903. The molecule has 3 aromatic rings. The van der Waals surface area contributed by atoms with Crippen LogP contribution in [0.25, 0.3) is 5.76 Å². The van der Waals surface area contributed by atoms with Gasteiger partial charge in [0.15, 0.2) is 0 Å². The summed E-state index contributed by atoms with van der Waals surface area (Å²) in [6.45, 7) is 0.0439. The molecule has 1 aliphatic rings. The van der Waals surface area contributed by atoms with Crippen molar-refractivity contribution < 1.29 is 23.8 Å². The number of hydrogen-bond acceptors (Lipinski definition) is 6. The Morgan fingerprint density at radius 2 is 2.07 bits per heavy atom. The van der Waals surface area contributed by atoms with Gasteiger partial charge in [-0.2, -0.15) is 0 Å². The van der Waals surface area contributed by atoms with Gasteiger partial charge in [0.05, 0.1) is 36.7 Å². The summed E-state index contributed by atoms with van der Waals surface area (Å²) in [6, 6.07) is 12.3. The van der Waals surface area contributed by atoms with E-state index in [1.54, 1.807) is 48.7 Å². The molecule has 2 aromatic heterocycles. The van der Waals surface area contributed by atoms with Crippen LogP contribution in [0.1, 0.15) is 23.1 Å². The number of likely N-dealkylation sites (tertiary alicyclic amines) is 1. The number of aliphatic hydroxyl groups is 1. The van der Waals surface area contributed by atoms with Crippen molar-refractivity contribution in [1.29, 1.82) is 0 Å². The molecule has 1 aromatic carbocycles. The van der Waals surface area contributed by atoms with Gasteiger partial charge >= 0.3 is 0 Å². The molecule has 0 radical (unpaired) electrons. The lowest BCUT2D eigenvalue weighted by Gasteiger charge is -2.23. The fourth-order valence-corrected chi connectivity index (χ4v) is 3.64. The highest BCUT2D eigenvalue weighted by Gasteiger charge is 2.47. The highest BCUT2D eigenvalue weighted by Crippen LogP contribution is 2.41. The number of methoxy groups -OCH3 is 1. The van der Waals surface area contributed by atoms with Gasteiger partial charge in [-0.1, -0.05) is 17.7 Å². The van der Waals surface area contributed by atoms with E-state index < -0.39 is 17.7 Å². The number of halogens is 1. The molecule has 0 saturated carbocycles. The van der Waals surface area contributed by atoms with Crippen LogP contribution in [0.5, 0.6) is 5.75 Å². The molecule has 4 rings (SSSR count). The Morgan fingerprint density at radius 3 is 2.73 bits per heavy atom. The molecule has 1 atom stereocenters. The highest BCUT2D eigenvalue weighted by atomic mass is 35.5. The number of nitrogens with zero attached hydrogens (tertiary/aromatic N) is 2. The first-order chi connectivity index (χ1) is 14.5. The molecule has 30 heavy (non-hydrogen) atoms. The molecule has 0 bridgehead atoms. The molecule has 1 aliphatic heterocycles. The van der Waals surface area contributed by atoms with E-state index in [4.69, 9.17) is 20.8 Å². The van der Waals surface area contributed by atoms with Crippen LogP contribution in [0.15, 0.2) is 71.0 Å². The number of carbonyl (C=O) groups is 2. The average molecular weight is 425 g/mol. The van der Waals surface area contributed by atoms with E-state index in [0.717, 1.165) is 0 Å². The lowest BCUT2D eigenvalue weighted by Crippen LogP contribution is -2.29. The molecule has 1 saturated heterocycles. The molecule has 3 heterocycles. The Bertz CT molecular complexity index is 1130. The van der Waals surface area contributed by atoms with Gasteiger partial charge in [-0.05, 0) is 42.5 Å². The molecule has 1 unspecified atom stereocenters. The minimum Gasteiger partial charge on any atom is -0.507 e. The van der Waals surface area contributed by atoms with Crippen molar-refractivity contribution in [2.45, 2.75) is 12.6 Å². The molecule has 0 spiro atoms. The van der Waals surface area contributed by atoms with Crippen molar-refractivity contribution in [3.8, 4) is 5.75 Å². The van der Waals surface area contributed by atoms with Crippen molar-refractivity contribution in [2.75, 3.05) is 7.11 Å². The standard InChI is InChI=1S/C22H17ClN2O5/c1-29-17-8-7-13(23)11-15(17)20(26)18-19(16-6-2-3-9-24-16)25(22(28)21(18)27)12-14-5-4-10-30-14/h2-11,19,26H,12H2,1H3/b20-18+. The normalized spacial score (nSPS) is 18.1. The summed E-state index contributed by atoms with van der Waals surface area (Å²) in [4.78, 5) is 31.5. The van der Waals surface area contributed by atoms with Gasteiger partial charge in [0, 0.05) is 11.2 Å². The second kappa shape index (κ2) is 8.04. The lowest BCUT2D eigenvalue weighted by molar-refractivity contribution is -0.140. The van der Waals surface area contributed by atoms with Crippen LogP contribution in [0.4, 0.5) is 0 Å². The van der Waals surface area contributed by atoms with E-state index >= 15 is 0 Å². The number of amides is 1. The minimum absolute atomic E-state index is 0.0439. The predicted molar refractivity (Wildman–Crippen MR) is 109 cm³/mol. The Labute approximate surface area is 177 Å². The summed E-state index contributed by atoms with van der Waals surface area (Å²) in [7, 11) is 1.44. The van der Waals surface area contributed by atoms with Crippen LogP contribution < -0.4 is 4.74 Å². The number of benzene rings is 1. The second-order valence-electron chi connectivity index (χ2n) is 6.61. The van der Waals surface area contributed by atoms with Crippen molar-refractivity contribution in [1.82, 2.24) is 9.88 Å². The van der Waals surface area contributed by atoms with E-state index in [0.29, 0.717) is 22.2 Å². The second-order valence-corrected chi connectivity index (χ2v) is 7.04. The number of pyridine rings is 1. The van der Waals surface area contributed by atoms with Crippen molar-refractivity contribution in [2.24, 2.45) is 0 Å². The zero-order chi connectivity index (χ0) is 21.3. The third kappa shape index (κ3) is 3.44. The van der Waals surface area contributed by atoms with E-state index in [1.165, 1.54) is 24.3 Å². The van der Waals surface area contributed by atoms with Crippen LogP contribution in [0, 0.1) is 0 Å². The molecule has 1 fully saturated rings. The maximum atomic E-state index is 13.0. The molecular formula is C22H17ClN2O5. The molecule has 7 nitrogen and oxygen atoms in total. The van der Waals surface area contributed by atoms with Crippen LogP contribution >= 0.6 is 11.6 Å². The number of carbonyl (C=O) groups excluding carboxylic acids is 2. The Balaban J connectivity index is 1.90. The highest BCUT2D eigenvalue weighted by molar-refractivity contribution is 6.46. The average Bonchev–Trinajstić information content (AvgIpc) is 3.36. The fraction of sp³-hybridized carbons (Fsp3) is 0.136. The van der Waals surface area contributed by atoms with Gasteiger partial charge in [-0.3, -0.25) is 14.6 Å². The van der Waals surface area contributed by atoms with E-state index in [2.05, 4.69) is 4.98 Å². The van der Waals surface area contributed by atoms with E-state index in [-0.39, 0.29) is 23.4 Å². The number of hydrogen-bond donors (Lipinski definition) is 1. The van der Waals surface area contributed by atoms with Gasteiger partial charge in [0.1, 0.15) is 23.3 Å². The van der Waals surface area contributed by atoms with Crippen molar-refractivity contribution >= 4 is 29.1 Å². The first kappa shape index (κ1) is 19.7. The van der Waals surface area contributed by atoms with Crippen LogP contribution in [0.2, 0.25) is 5.02 Å². The zero-order valence-electron chi connectivity index (χ0n) is 15.9. The number of furan rings is 1. The number of aromatic nitrogens is 1. The summed E-state index contributed by atoms with van der Waals surface area (Å²) in [5.41, 5.74) is 0.554. The Morgan fingerprint density at radius 1 is 1.23 bits per heavy atom. The van der Waals surface area contributed by atoms with Gasteiger partial charge in [-0.15, -0.1) is 0 Å². The number of Topliss-reactive ketones (excluding diaryl/α,β-unsaturated/α-hetero) is 1.